The Labute approximate surface area is 88.9 Å². The van der Waals surface area contributed by atoms with Crippen molar-refractivity contribution >= 4 is 5.69 Å². The molecule has 3 nitrogen and oxygen atoms in total. The predicted octanol–water partition coefficient (Wildman–Crippen LogP) is 1.96. The molecule has 76 valence electrons. The first-order valence-electron chi connectivity index (χ1n) is 4.83. The third kappa shape index (κ3) is 2.54. The topological polar surface area (TPSA) is 50.9 Å². The van der Waals surface area contributed by atoms with Crippen LogP contribution >= 0.6 is 0 Å². The fourth-order valence-corrected chi connectivity index (χ4v) is 1.46. The molecule has 2 rings (SSSR count). The van der Waals surface area contributed by atoms with Gasteiger partial charge in [-0.1, -0.05) is 12.1 Å². The molecule has 0 saturated heterocycles. The van der Waals surface area contributed by atoms with Crippen LogP contribution in [0.15, 0.2) is 48.8 Å². The van der Waals surface area contributed by atoms with Crippen LogP contribution in [0.1, 0.15) is 11.1 Å². The summed E-state index contributed by atoms with van der Waals surface area (Å²) in [5.74, 6) is 5.29. The number of rotatable bonds is 3. The van der Waals surface area contributed by atoms with Gasteiger partial charge in [-0.3, -0.25) is 10.8 Å². The molecule has 0 aliphatic heterocycles. The summed E-state index contributed by atoms with van der Waals surface area (Å²) in [6.07, 6.45) is 4.55. The molecule has 15 heavy (non-hydrogen) atoms. The highest BCUT2D eigenvalue weighted by Gasteiger charge is 1.95. The zero-order chi connectivity index (χ0) is 10.5. The van der Waals surface area contributed by atoms with Crippen LogP contribution in [0, 0.1) is 0 Å². The fraction of sp³-hybridized carbons (Fsp3) is 0.0833. The molecule has 0 atom stereocenters. The molecule has 0 saturated carbocycles. The lowest BCUT2D eigenvalue weighted by molar-refractivity contribution is 1.16. The van der Waals surface area contributed by atoms with Crippen LogP contribution in [0.2, 0.25) is 0 Å². The summed E-state index contributed by atoms with van der Waals surface area (Å²) in [6, 6.07) is 12.1. The Morgan fingerprint density at radius 3 is 2.13 bits per heavy atom. The van der Waals surface area contributed by atoms with Crippen LogP contribution in [0.4, 0.5) is 5.69 Å². The molecule has 0 unspecified atom stereocenters. The smallest absolute Gasteiger partial charge is 0.0485 e. The van der Waals surface area contributed by atoms with E-state index in [4.69, 9.17) is 5.84 Å². The molecule has 0 spiro atoms. The van der Waals surface area contributed by atoms with Gasteiger partial charge in [0, 0.05) is 18.1 Å². The average molecular weight is 199 g/mol. The number of hydrogen-bond acceptors (Lipinski definition) is 3. The number of anilines is 1. The number of pyridine rings is 1. The third-order valence-electron chi connectivity index (χ3n) is 2.28. The second-order valence-electron chi connectivity index (χ2n) is 3.37. The SMILES string of the molecule is NNc1ccc(Cc2ccncc2)cc1. The lowest BCUT2D eigenvalue weighted by atomic mass is 10.1. The minimum absolute atomic E-state index is 0.924. The Balaban J connectivity index is 2.11. The molecule has 0 fully saturated rings. The normalized spacial score (nSPS) is 9.93. The van der Waals surface area contributed by atoms with Crippen LogP contribution in [-0.2, 0) is 6.42 Å². The van der Waals surface area contributed by atoms with Gasteiger partial charge in [0.1, 0.15) is 0 Å². The second-order valence-corrected chi connectivity index (χ2v) is 3.37. The maximum atomic E-state index is 5.29. The highest BCUT2D eigenvalue weighted by Crippen LogP contribution is 2.12. The lowest BCUT2D eigenvalue weighted by Gasteiger charge is -2.03. The first kappa shape index (κ1) is 9.68. The summed E-state index contributed by atoms with van der Waals surface area (Å²) in [7, 11) is 0. The predicted molar refractivity (Wildman–Crippen MR) is 61.3 cm³/mol. The van der Waals surface area contributed by atoms with Crippen LogP contribution in [-0.4, -0.2) is 4.98 Å². The summed E-state index contributed by atoms with van der Waals surface area (Å²) >= 11 is 0. The zero-order valence-corrected chi connectivity index (χ0v) is 8.35. The molecule has 2 aromatic rings. The van der Waals surface area contributed by atoms with Gasteiger partial charge in [0.2, 0.25) is 0 Å². The van der Waals surface area contributed by atoms with Crippen LogP contribution < -0.4 is 11.3 Å². The van der Waals surface area contributed by atoms with E-state index in [2.05, 4.69) is 22.5 Å². The summed E-state index contributed by atoms with van der Waals surface area (Å²) in [6.45, 7) is 0. The summed E-state index contributed by atoms with van der Waals surface area (Å²) in [5, 5.41) is 0. The van der Waals surface area contributed by atoms with Crippen molar-refractivity contribution in [3.05, 3.63) is 59.9 Å². The third-order valence-corrected chi connectivity index (χ3v) is 2.28. The standard InChI is InChI=1S/C12H13N3/c13-15-12-3-1-10(2-4-12)9-11-5-7-14-8-6-11/h1-8,15H,9,13H2. The van der Waals surface area contributed by atoms with Crippen molar-refractivity contribution in [1.29, 1.82) is 0 Å². The number of benzene rings is 1. The monoisotopic (exact) mass is 199 g/mol. The fourth-order valence-electron chi connectivity index (χ4n) is 1.46. The first-order valence-corrected chi connectivity index (χ1v) is 4.83. The van der Waals surface area contributed by atoms with Gasteiger partial charge in [-0.25, -0.2) is 0 Å². The van der Waals surface area contributed by atoms with E-state index < -0.39 is 0 Å². The molecular formula is C12H13N3. The quantitative estimate of drug-likeness (QED) is 0.587. The average Bonchev–Trinajstić information content (AvgIpc) is 2.31. The van der Waals surface area contributed by atoms with Gasteiger partial charge in [-0.2, -0.15) is 0 Å². The minimum Gasteiger partial charge on any atom is -0.324 e. The Bertz CT molecular complexity index is 409. The Hall–Kier alpha value is -1.87. The molecule has 0 bridgehead atoms. The highest BCUT2D eigenvalue weighted by atomic mass is 15.2. The number of aromatic nitrogens is 1. The molecule has 0 aliphatic carbocycles. The molecule has 1 aromatic carbocycles. The van der Waals surface area contributed by atoms with E-state index in [0.717, 1.165) is 12.1 Å². The maximum Gasteiger partial charge on any atom is 0.0485 e. The van der Waals surface area contributed by atoms with E-state index in [1.807, 2.05) is 36.7 Å². The second kappa shape index (κ2) is 4.57. The highest BCUT2D eigenvalue weighted by molar-refractivity contribution is 5.44. The van der Waals surface area contributed by atoms with E-state index in [1.165, 1.54) is 11.1 Å². The van der Waals surface area contributed by atoms with E-state index in [0.29, 0.717) is 0 Å². The van der Waals surface area contributed by atoms with Crippen LogP contribution in [0.5, 0.6) is 0 Å². The molecule has 0 amide bonds. The number of nitrogens with two attached hydrogens (primary N) is 1. The molecule has 3 heteroatoms. The van der Waals surface area contributed by atoms with Gasteiger partial charge in [-0.15, -0.1) is 0 Å². The van der Waals surface area contributed by atoms with E-state index >= 15 is 0 Å². The minimum atomic E-state index is 0.924. The zero-order valence-electron chi connectivity index (χ0n) is 8.35. The summed E-state index contributed by atoms with van der Waals surface area (Å²) in [4.78, 5) is 3.99. The van der Waals surface area contributed by atoms with Crippen molar-refractivity contribution in [3.63, 3.8) is 0 Å². The lowest BCUT2D eigenvalue weighted by Crippen LogP contribution is -2.06. The van der Waals surface area contributed by atoms with Crippen molar-refractivity contribution < 1.29 is 0 Å². The summed E-state index contributed by atoms with van der Waals surface area (Å²) < 4.78 is 0. The van der Waals surface area contributed by atoms with Crippen molar-refractivity contribution in [1.82, 2.24) is 4.98 Å². The van der Waals surface area contributed by atoms with Crippen LogP contribution in [0.3, 0.4) is 0 Å². The van der Waals surface area contributed by atoms with Gasteiger partial charge in [0.25, 0.3) is 0 Å². The van der Waals surface area contributed by atoms with Crippen LogP contribution in [0.25, 0.3) is 0 Å². The number of nitrogens with zero attached hydrogens (tertiary/aromatic N) is 1. The number of nitrogens with one attached hydrogen (secondary N) is 1. The first-order chi connectivity index (χ1) is 7.38. The Morgan fingerprint density at radius 1 is 0.933 bits per heavy atom. The Kier molecular flexibility index (Phi) is 2.95. The number of hydrazine groups is 1. The number of hydrogen-bond donors (Lipinski definition) is 2. The van der Waals surface area contributed by atoms with E-state index in [9.17, 15) is 0 Å². The largest absolute Gasteiger partial charge is 0.324 e. The van der Waals surface area contributed by atoms with Crippen molar-refractivity contribution in [3.8, 4) is 0 Å². The van der Waals surface area contributed by atoms with Gasteiger partial charge in [-0.05, 0) is 41.8 Å². The number of nitrogen functional groups attached to an aromatic ring is 1. The maximum absolute atomic E-state index is 5.29. The molecular weight excluding hydrogens is 186 g/mol. The van der Waals surface area contributed by atoms with Gasteiger partial charge >= 0.3 is 0 Å². The van der Waals surface area contributed by atoms with Gasteiger partial charge in [0.15, 0.2) is 0 Å². The Morgan fingerprint density at radius 2 is 1.53 bits per heavy atom. The van der Waals surface area contributed by atoms with Crippen molar-refractivity contribution in [2.75, 3.05) is 5.43 Å². The van der Waals surface area contributed by atoms with Gasteiger partial charge in [0.05, 0.1) is 0 Å². The van der Waals surface area contributed by atoms with Crippen molar-refractivity contribution in [2.45, 2.75) is 6.42 Å². The molecule has 1 aromatic heterocycles. The molecule has 3 N–H and O–H groups in total. The summed E-state index contributed by atoms with van der Waals surface area (Å²) in [5.41, 5.74) is 6.06. The van der Waals surface area contributed by atoms with E-state index in [1.54, 1.807) is 0 Å². The molecule has 1 heterocycles. The van der Waals surface area contributed by atoms with Crippen molar-refractivity contribution in [2.24, 2.45) is 5.84 Å². The van der Waals surface area contributed by atoms with E-state index in [-0.39, 0.29) is 0 Å². The molecule has 0 aliphatic rings. The van der Waals surface area contributed by atoms with Gasteiger partial charge < -0.3 is 5.43 Å². The molecule has 0 radical (unpaired) electrons.